The maximum Gasteiger partial charge on any atom is 0.130 e. The maximum absolute atomic E-state index is 6.33. The van der Waals surface area contributed by atoms with E-state index in [1.54, 1.807) is 6.20 Å². The molecule has 0 aliphatic heterocycles. The van der Waals surface area contributed by atoms with Crippen molar-refractivity contribution in [2.45, 2.75) is 46.1 Å². The van der Waals surface area contributed by atoms with Gasteiger partial charge in [0.1, 0.15) is 5.75 Å². The molecule has 2 aromatic rings. The summed E-state index contributed by atoms with van der Waals surface area (Å²) < 4.78 is 6.33. The molecular weight excluding hydrogens is 260 g/mol. The van der Waals surface area contributed by atoms with Gasteiger partial charge in [-0.2, -0.15) is 0 Å². The largest absolute Gasteiger partial charge is 0.490 e. The summed E-state index contributed by atoms with van der Waals surface area (Å²) in [6.07, 6.45) is 5.55. The molecule has 1 aromatic heterocycles. The van der Waals surface area contributed by atoms with Crippen molar-refractivity contribution in [2.75, 3.05) is 5.73 Å². The minimum Gasteiger partial charge on any atom is -0.490 e. The number of anilines is 1. The van der Waals surface area contributed by atoms with Gasteiger partial charge in [-0.1, -0.05) is 26.8 Å². The van der Waals surface area contributed by atoms with E-state index in [1.165, 1.54) is 6.42 Å². The molecule has 1 aromatic carbocycles. The van der Waals surface area contributed by atoms with Gasteiger partial charge in [0.25, 0.3) is 0 Å². The summed E-state index contributed by atoms with van der Waals surface area (Å²) in [6, 6.07) is 7.82. The molecule has 3 heteroatoms. The second kappa shape index (κ2) is 5.21. The lowest BCUT2D eigenvalue weighted by atomic mass is 9.71. The van der Waals surface area contributed by atoms with E-state index in [2.05, 4.69) is 25.8 Å². The molecule has 112 valence electrons. The molecule has 1 aliphatic rings. The van der Waals surface area contributed by atoms with Crippen LogP contribution < -0.4 is 10.5 Å². The molecule has 1 fully saturated rings. The number of aromatic nitrogens is 1. The fourth-order valence-corrected chi connectivity index (χ4v) is 3.80. The zero-order chi connectivity index (χ0) is 15.0. The van der Waals surface area contributed by atoms with Crippen LogP contribution >= 0.6 is 0 Å². The second-order valence-electron chi connectivity index (χ2n) is 7.21. The lowest BCUT2D eigenvalue weighted by molar-refractivity contribution is 0.0572. The predicted molar refractivity (Wildman–Crippen MR) is 87.4 cm³/mol. The topological polar surface area (TPSA) is 48.1 Å². The highest BCUT2D eigenvalue weighted by atomic mass is 16.5. The smallest absolute Gasteiger partial charge is 0.130 e. The minimum atomic E-state index is 0.274. The average Bonchev–Trinajstić information content (AvgIpc) is 2.37. The van der Waals surface area contributed by atoms with E-state index in [-0.39, 0.29) is 6.10 Å². The Labute approximate surface area is 126 Å². The standard InChI is InChI=1S/C18H24N2O/c1-12-9-13(11-18(2,3)10-12)21-16-7-8-20-17-14(16)5-4-6-15(17)19/h4-8,12-13H,9-11,19H2,1-3H3. The monoisotopic (exact) mass is 284 g/mol. The van der Waals surface area contributed by atoms with E-state index >= 15 is 0 Å². The molecular formula is C18H24N2O. The SMILES string of the molecule is CC1CC(Oc2ccnc3c(N)cccc23)CC(C)(C)C1. The third kappa shape index (κ3) is 2.97. The highest BCUT2D eigenvalue weighted by molar-refractivity contribution is 5.93. The Morgan fingerprint density at radius 1 is 1.24 bits per heavy atom. The predicted octanol–water partition coefficient (Wildman–Crippen LogP) is 4.41. The Morgan fingerprint density at radius 2 is 2.05 bits per heavy atom. The molecule has 21 heavy (non-hydrogen) atoms. The van der Waals surface area contributed by atoms with Gasteiger partial charge < -0.3 is 10.5 Å². The fourth-order valence-electron chi connectivity index (χ4n) is 3.80. The lowest BCUT2D eigenvalue weighted by Crippen LogP contribution is -2.34. The van der Waals surface area contributed by atoms with Crippen LogP contribution in [0.15, 0.2) is 30.5 Å². The number of hydrogen-bond donors (Lipinski definition) is 1. The van der Waals surface area contributed by atoms with Gasteiger partial charge in [-0.25, -0.2) is 0 Å². The van der Waals surface area contributed by atoms with E-state index in [1.807, 2.05) is 24.3 Å². The number of nitrogens with zero attached hydrogens (tertiary/aromatic N) is 1. The number of nitrogen functional groups attached to an aromatic ring is 1. The number of para-hydroxylation sites is 1. The summed E-state index contributed by atoms with van der Waals surface area (Å²) in [4.78, 5) is 4.37. The molecule has 0 spiro atoms. The van der Waals surface area contributed by atoms with Gasteiger partial charge in [0, 0.05) is 11.6 Å². The second-order valence-corrected chi connectivity index (χ2v) is 7.21. The summed E-state index contributed by atoms with van der Waals surface area (Å²) in [5, 5.41) is 1.01. The third-order valence-electron chi connectivity index (χ3n) is 4.40. The first-order valence-electron chi connectivity index (χ1n) is 7.74. The first kappa shape index (κ1) is 14.2. The molecule has 1 saturated carbocycles. The van der Waals surface area contributed by atoms with Crippen molar-refractivity contribution in [1.29, 1.82) is 0 Å². The molecule has 1 heterocycles. The summed E-state index contributed by atoms with van der Waals surface area (Å²) >= 11 is 0. The molecule has 3 rings (SSSR count). The number of rotatable bonds is 2. The fraction of sp³-hybridized carbons (Fsp3) is 0.500. The van der Waals surface area contributed by atoms with Crippen LogP contribution in [-0.4, -0.2) is 11.1 Å². The van der Waals surface area contributed by atoms with Crippen molar-refractivity contribution in [3.05, 3.63) is 30.5 Å². The maximum atomic E-state index is 6.33. The van der Waals surface area contributed by atoms with Crippen molar-refractivity contribution in [2.24, 2.45) is 11.3 Å². The average molecular weight is 284 g/mol. The van der Waals surface area contributed by atoms with Crippen LogP contribution in [0.1, 0.15) is 40.0 Å². The molecule has 0 radical (unpaired) electrons. The van der Waals surface area contributed by atoms with Gasteiger partial charge in [-0.15, -0.1) is 0 Å². The number of nitrogens with two attached hydrogens (primary N) is 1. The van der Waals surface area contributed by atoms with Crippen molar-refractivity contribution < 1.29 is 4.74 Å². The first-order chi connectivity index (χ1) is 9.94. The van der Waals surface area contributed by atoms with Gasteiger partial charge in [-0.05, 0) is 48.8 Å². The minimum absolute atomic E-state index is 0.274. The quantitative estimate of drug-likeness (QED) is 0.831. The Morgan fingerprint density at radius 3 is 2.81 bits per heavy atom. The van der Waals surface area contributed by atoms with Crippen molar-refractivity contribution in [1.82, 2.24) is 4.98 Å². The van der Waals surface area contributed by atoms with E-state index in [4.69, 9.17) is 10.5 Å². The van der Waals surface area contributed by atoms with Crippen LogP contribution in [0, 0.1) is 11.3 Å². The molecule has 1 aliphatic carbocycles. The summed E-state index contributed by atoms with van der Waals surface area (Å²) in [5.74, 6) is 1.61. The Hall–Kier alpha value is -1.77. The molecule has 2 N–H and O–H groups in total. The van der Waals surface area contributed by atoms with E-state index in [0.29, 0.717) is 17.0 Å². The van der Waals surface area contributed by atoms with Crippen LogP contribution in [0.3, 0.4) is 0 Å². The van der Waals surface area contributed by atoms with Crippen molar-refractivity contribution in [3.63, 3.8) is 0 Å². The van der Waals surface area contributed by atoms with Crippen LogP contribution in [0.25, 0.3) is 10.9 Å². The number of benzene rings is 1. The van der Waals surface area contributed by atoms with Gasteiger partial charge in [0.15, 0.2) is 0 Å². The van der Waals surface area contributed by atoms with Crippen LogP contribution in [0.2, 0.25) is 0 Å². The van der Waals surface area contributed by atoms with Gasteiger partial charge in [-0.3, -0.25) is 4.98 Å². The lowest BCUT2D eigenvalue weighted by Gasteiger charge is -2.39. The van der Waals surface area contributed by atoms with E-state index in [0.717, 1.165) is 29.5 Å². The zero-order valence-corrected chi connectivity index (χ0v) is 13.1. The van der Waals surface area contributed by atoms with Crippen molar-refractivity contribution in [3.8, 4) is 5.75 Å². The molecule has 2 unspecified atom stereocenters. The molecule has 3 nitrogen and oxygen atoms in total. The van der Waals surface area contributed by atoms with Crippen molar-refractivity contribution >= 4 is 16.6 Å². The summed E-state index contributed by atoms with van der Waals surface area (Å²) in [5.41, 5.74) is 7.89. The molecule has 0 bridgehead atoms. The Bertz CT molecular complexity index is 651. The van der Waals surface area contributed by atoms with Gasteiger partial charge in [0.2, 0.25) is 0 Å². The highest BCUT2D eigenvalue weighted by Gasteiger charge is 2.33. The molecule has 2 atom stereocenters. The number of fused-ring (bicyclic) bond motifs is 1. The molecule has 0 saturated heterocycles. The Balaban J connectivity index is 1.90. The Kier molecular flexibility index (Phi) is 3.52. The first-order valence-corrected chi connectivity index (χ1v) is 7.74. The molecule has 0 amide bonds. The summed E-state index contributed by atoms with van der Waals surface area (Å²) in [7, 11) is 0. The number of pyridine rings is 1. The van der Waals surface area contributed by atoms with Crippen LogP contribution in [0.4, 0.5) is 5.69 Å². The van der Waals surface area contributed by atoms with Gasteiger partial charge in [0.05, 0.1) is 17.3 Å². The number of ether oxygens (including phenoxy) is 1. The summed E-state index contributed by atoms with van der Waals surface area (Å²) in [6.45, 7) is 6.99. The van der Waals surface area contributed by atoms with E-state index < -0.39 is 0 Å². The normalized spacial score (nSPS) is 24.9. The zero-order valence-electron chi connectivity index (χ0n) is 13.1. The third-order valence-corrected chi connectivity index (χ3v) is 4.40. The highest BCUT2D eigenvalue weighted by Crippen LogP contribution is 2.40. The van der Waals surface area contributed by atoms with Crippen LogP contribution in [0.5, 0.6) is 5.75 Å². The van der Waals surface area contributed by atoms with Gasteiger partial charge >= 0.3 is 0 Å². The number of hydrogen-bond acceptors (Lipinski definition) is 3. The van der Waals surface area contributed by atoms with Crippen LogP contribution in [-0.2, 0) is 0 Å². The van der Waals surface area contributed by atoms with E-state index in [9.17, 15) is 0 Å².